The van der Waals surface area contributed by atoms with Crippen molar-refractivity contribution in [3.63, 3.8) is 0 Å². The number of esters is 1. The van der Waals surface area contributed by atoms with Crippen LogP contribution in [0, 0.1) is 17.2 Å². The van der Waals surface area contributed by atoms with Crippen LogP contribution in [0.3, 0.4) is 0 Å². The summed E-state index contributed by atoms with van der Waals surface area (Å²) in [4.78, 5) is 44.9. The summed E-state index contributed by atoms with van der Waals surface area (Å²) in [7, 11) is 0. The molecule has 2 N–H and O–H groups in total. The number of hydrogen-bond donors (Lipinski definition) is 2. The van der Waals surface area contributed by atoms with Crippen LogP contribution >= 0.6 is 0 Å². The van der Waals surface area contributed by atoms with Crippen LogP contribution in [0.25, 0.3) is 0 Å². The van der Waals surface area contributed by atoms with E-state index in [1.54, 1.807) is 21.9 Å². The number of nitrogens with one attached hydrogen (secondary N) is 2. The smallest absolute Gasteiger partial charge is 0.318 e. The van der Waals surface area contributed by atoms with Crippen LogP contribution in [0.4, 0.5) is 9.18 Å². The minimum atomic E-state index is -0.796. The Hall–Kier alpha value is -2.72. The average molecular weight is 601 g/mol. The lowest BCUT2D eigenvalue weighted by molar-refractivity contribution is -0.175. The lowest BCUT2D eigenvalue weighted by Crippen LogP contribution is -2.61. The predicted molar refractivity (Wildman–Crippen MR) is 161 cm³/mol. The molecule has 0 radical (unpaired) electrons. The second kappa shape index (κ2) is 14.4. The van der Waals surface area contributed by atoms with Gasteiger partial charge < -0.3 is 29.9 Å². The highest BCUT2D eigenvalue weighted by Gasteiger charge is 2.50. The number of piperidine rings is 1. The molecular weight excluding hydrogens is 551 g/mol. The van der Waals surface area contributed by atoms with Crippen molar-refractivity contribution in [2.75, 3.05) is 39.4 Å². The summed E-state index contributed by atoms with van der Waals surface area (Å²) in [5.41, 5.74) is 0.189. The van der Waals surface area contributed by atoms with Gasteiger partial charge in [-0.25, -0.2) is 9.18 Å². The summed E-state index contributed by atoms with van der Waals surface area (Å²) in [6.07, 6.45) is 8.21. The number of carbonyl (C=O) groups is 3. The maximum absolute atomic E-state index is 14.1. The fraction of sp³-hybridized carbons (Fsp3) is 0.727. The van der Waals surface area contributed by atoms with E-state index in [9.17, 15) is 18.8 Å². The summed E-state index contributed by atoms with van der Waals surface area (Å²) in [6, 6.07) is 5.31. The van der Waals surface area contributed by atoms with Gasteiger partial charge in [-0.05, 0) is 63.1 Å². The number of likely N-dealkylation sites (tertiary alicyclic amines) is 1. The van der Waals surface area contributed by atoms with Crippen molar-refractivity contribution in [2.45, 2.75) is 102 Å². The molecule has 1 saturated carbocycles. The Kier molecular flexibility index (Phi) is 10.6. The molecule has 2 unspecified atom stereocenters. The van der Waals surface area contributed by atoms with Gasteiger partial charge in [-0.15, -0.1) is 0 Å². The lowest BCUT2D eigenvalue weighted by atomic mass is 9.63. The molecule has 3 saturated heterocycles. The second-order valence-electron chi connectivity index (χ2n) is 13.2. The number of piperazine rings is 1. The molecule has 3 atom stereocenters. The molecular formula is C33H49FN4O5. The number of ether oxygens (including phenoxy) is 2. The van der Waals surface area contributed by atoms with Crippen molar-refractivity contribution in [1.82, 2.24) is 20.4 Å². The van der Waals surface area contributed by atoms with Crippen molar-refractivity contribution < 1.29 is 28.2 Å². The van der Waals surface area contributed by atoms with Gasteiger partial charge in [-0.2, -0.15) is 0 Å². The monoisotopic (exact) mass is 600 g/mol. The molecule has 9 nitrogen and oxygen atoms in total. The molecule has 43 heavy (non-hydrogen) atoms. The SMILES string of the molecule is CC1CN(C(=O)N[C@H](Cc2ccc(F)cc2)C(=O)N2CCC(C(=O)OC3CCOCC3)(C3CCCCC3)CC2)CC(C)N1. The number of amides is 3. The molecule has 0 spiro atoms. The standard InChI is InChI=1S/C33H49FN4O5/c1-23-21-38(22-24(2)35-23)32(41)36-29(20-25-8-10-27(34)11-9-25)30(39)37-16-14-33(15-17-37,26-6-4-3-5-7-26)31(40)43-28-12-18-42-19-13-28/h8-11,23-24,26,28-29,35H,3-7,12-22H2,1-2H3,(H,36,41)/t23?,24?,29-/m1/s1. The summed E-state index contributed by atoms with van der Waals surface area (Å²) in [5, 5.41) is 6.45. The van der Waals surface area contributed by atoms with Crippen LogP contribution in [0.2, 0.25) is 0 Å². The summed E-state index contributed by atoms with van der Waals surface area (Å²) in [5.74, 6) is -0.347. The highest BCUT2D eigenvalue weighted by Crippen LogP contribution is 2.47. The van der Waals surface area contributed by atoms with Crippen LogP contribution in [0.1, 0.15) is 77.2 Å². The molecule has 1 aromatic carbocycles. The number of hydrogen-bond acceptors (Lipinski definition) is 6. The zero-order chi connectivity index (χ0) is 30.4. The van der Waals surface area contributed by atoms with Gasteiger partial charge in [-0.1, -0.05) is 31.4 Å². The molecule has 10 heteroatoms. The molecule has 3 amide bonds. The maximum atomic E-state index is 14.1. The minimum Gasteiger partial charge on any atom is -0.462 e. The summed E-state index contributed by atoms with van der Waals surface area (Å²) < 4.78 is 25.2. The van der Waals surface area contributed by atoms with E-state index in [4.69, 9.17) is 9.47 Å². The molecule has 1 aliphatic carbocycles. The molecule has 1 aromatic rings. The number of carbonyl (C=O) groups excluding carboxylic acids is 3. The quantitative estimate of drug-likeness (QED) is 0.459. The van der Waals surface area contributed by atoms with Gasteiger partial charge in [-0.3, -0.25) is 9.59 Å². The zero-order valence-corrected chi connectivity index (χ0v) is 25.8. The van der Waals surface area contributed by atoms with Crippen molar-refractivity contribution in [1.29, 1.82) is 0 Å². The van der Waals surface area contributed by atoms with Gasteiger partial charge in [0.2, 0.25) is 5.91 Å². The van der Waals surface area contributed by atoms with Gasteiger partial charge in [0.25, 0.3) is 0 Å². The van der Waals surface area contributed by atoms with Crippen LogP contribution in [-0.2, 0) is 25.5 Å². The normalized spacial score (nSPS) is 26.0. The first-order chi connectivity index (χ1) is 20.7. The Bertz CT molecular complexity index is 1090. The first-order valence-electron chi connectivity index (χ1n) is 16.4. The third kappa shape index (κ3) is 7.87. The zero-order valence-electron chi connectivity index (χ0n) is 25.8. The van der Waals surface area contributed by atoms with Gasteiger partial charge in [0.05, 0.1) is 18.6 Å². The van der Waals surface area contributed by atoms with Crippen molar-refractivity contribution in [3.8, 4) is 0 Å². The Morgan fingerprint density at radius 2 is 1.60 bits per heavy atom. The van der Waals surface area contributed by atoms with Crippen LogP contribution in [0.15, 0.2) is 24.3 Å². The van der Waals surface area contributed by atoms with E-state index in [1.165, 1.54) is 18.6 Å². The van der Waals surface area contributed by atoms with Crippen LogP contribution in [-0.4, -0.2) is 91.3 Å². The molecule has 5 rings (SSSR count). The number of halogens is 1. The maximum Gasteiger partial charge on any atom is 0.318 e. The van der Waals surface area contributed by atoms with E-state index in [0.717, 1.165) is 44.1 Å². The van der Waals surface area contributed by atoms with Crippen LogP contribution in [0.5, 0.6) is 0 Å². The highest BCUT2D eigenvalue weighted by atomic mass is 19.1. The van der Waals surface area contributed by atoms with Gasteiger partial charge >= 0.3 is 12.0 Å². The van der Waals surface area contributed by atoms with E-state index in [0.29, 0.717) is 52.2 Å². The van der Waals surface area contributed by atoms with Crippen molar-refractivity contribution >= 4 is 17.9 Å². The Morgan fingerprint density at radius 3 is 2.23 bits per heavy atom. The fourth-order valence-corrected chi connectivity index (χ4v) is 7.63. The number of nitrogens with zero attached hydrogens (tertiary/aromatic N) is 2. The first-order valence-corrected chi connectivity index (χ1v) is 16.4. The molecule has 0 bridgehead atoms. The second-order valence-corrected chi connectivity index (χ2v) is 13.2. The van der Waals surface area contributed by atoms with Crippen molar-refractivity contribution in [2.24, 2.45) is 11.3 Å². The fourth-order valence-electron chi connectivity index (χ4n) is 7.63. The topological polar surface area (TPSA) is 100 Å². The first kappa shape index (κ1) is 31.7. The number of rotatable bonds is 7. The molecule has 3 aliphatic heterocycles. The minimum absolute atomic E-state index is 0.100. The number of urea groups is 1. The Labute approximate surface area is 255 Å². The third-order valence-electron chi connectivity index (χ3n) is 10.00. The summed E-state index contributed by atoms with van der Waals surface area (Å²) >= 11 is 0. The Balaban J connectivity index is 1.30. The van der Waals surface area contributed by atoms with Gasteiger partial charge in [0.1, 0.15) is 18.0 Å². The van der Waals surface area contributed by atoms with Crippen LogP contribution < -0.4 is 10.6 Å². The molecule has 4 aliphatic rings. The highest BCUT2D eigenvalue weighted by molar-refractivity contribution is 5.88. The largest absolute Gasteiger partial charge is 0.462 e. The van der Waals surface area contributed by atoms with Gasteiger partial charge in [0, 0.05) is 57.5 Å². The van der Waals surface area contributed by atoms with E-state index in [1.807, 2.05) is 13.8 Å². The van der Waals surface area contributed by atoms with Crippen molar-refractivity contribution in [3.05, 3.63) is 35.6 Å². The van der Waals surface area contributed by atoms with E-state index < -0.39 is 11.5 Å². The predicted octanol–water partition coefficient (Wildman–Crippen LogP) is 4.04. The third-order valence-corrected chi connectivity index (χ3v) is 10.00. The van der Waals surface area contributed by atoms with E-state index in [-0.39, 0.29) is 54.3 Å². The molecule has 4 fully saturated rings. The lowest BCUT2D eigenvalue weighted by Gasteiger charge is -2.47. The van der Waals surface area contributed by atoms with Gasteiger partial charge in [0.15, 0.2) is 0 Å². The van der Waals surface area contributed by atoms with E-state index >= 15 is 0 Å². The summed E-state index contributed by atoms with van der Waals surface area (Å²) in [6.45, 7) is 7.29. The molecule has 3 heterocycles. The van der Waals surface area contributed by atoms with E-state index in [2.05, 4.69) is 10.6 Å². The molecule has 238 valence electrons. The molecule has 0 aromatic heterocycles. The number of benzene rings is 1. The Morgan fingerprint density at radius 1 is 0.977 bits per heavy atom. The average Bonchev–Trinajstić information content (AvgIpc) is 3.02.